The lowest BCUT2D eigenvalue weighted by atomic mass is 9.99. The van der Waals surface area contributed by atoms with Gasteiger partial charge in [-0.25, -0.2) is 0 Å². The number of benzene rings is 1. The van der Waals surface area contributed by atoms with Crippen molar-refractivity contribution in [3.05, 3.63) is 24.3 Å². The molecule has 8 nitrogen and oxygen atoms in total. The summed E-state index contributed by atoms with van der Waals surface area (Å²) in [4.78, 5) is 10.2. The SMILES string of the molecule is O=CCOc1ccc(O[C@@H]2O[C@H](CO)[C@@H](O)[C@H](O)[C@H]2O)cc1. The van der Waals surface area contributed by atoms with E-state index in [9.17, 15) is 20.1 Å². The smallest absolute Gasteiger partial charge is 0.229 e. The second kappa shape index (κ2) is 7.52. The number of hydrogen-bond acceptors (Lipinski definition) is 8. The van der Waals surface area contributed by atoms with Gasteiger partial charge in [0.2, 0.25) is 6.29 Å². The maximum absolute atomic E-state index is 10.2. The molecule has 0 radical (unpaired) electrons. The van der Waals surface area contributed by atoms with Gasteiger partial charge < -0.3 is 34.6 Å². The van der Waals surface area contributed by atoms with Crippen LogP contribution in [-0.2, 0) is 9.53 Å². The minimum Gasteiger partial charge on any atom is -0.486 e. The van der Waals surface area contributed by atoms with Crippen molar-refractivity contribution >= 4 is 6.29 Å². The van der Waals surface area contributed by atoms with Crippen molar-refractivity contribution in [1.29, 1.82) is 0 Å². The van der Waals surface area contributed by atoms with Crippen LogP contribution in [-0.4, -0.2) is 70.6 Å². The maximum Gasteiger partial charge on any atom is 0.229 e. The molecule has 0 saturated carbocycles. The number of aliphatic hydroxyl groups is 4. The molecule has 22 heavy (non-hydrogen) atoms. The number of hydrogen-bond donors (Lipinski definition) is 4. The Kier molecular flexibility index (Phi) is 5.69. The zero-order valence-electron chi connectivity index (χ0n) is 11.6. The Balaban J connectivity index is 2.01. The van der Waals surface area contributed by atoms with Crippen molar-refractivity contribution in [2.24, 2.45) is 0 Å². The highest BCUT2D eigenvalue weighted by molar-refractivity contribution is 5.51. The van der Waals surface area contributed by atoms with Crippen molar-refractivity contribution in [2.45, 2.75) is 30.7 Å². The van der Waals surface area contributed by atoms with Crippen LogP contribution < -0.4 is 9.47 Å². The van der Waals surface area contributed by atoms with Crippen LogP contribution in [0.4, 0.5) is 0 Å². The summed E-state index contributed by atoms with van der Waals surface area (Å²) in [6.45, 7) is -0.587. The third-order valence-electron chi connectivity index (χ3n) is 3.24. The predicted octanol–water partition coefficient (Wildman–Crippen LogP) is -1.56. The highest BCUT2D eigenvalue weighted by Crippen LogP contribution is 2.25. The first-order chi connectivity index (χ1) is 10.6. The number of rotatable bonds is 6. The van der Waals surface area contributed by atoms with E-state index < -0.39 is 37.3 Å². The van der Waals surface area contributed by atoms with Crippen molar-refractivity contribution < 1.29 is 39.4 Å². The molecule has 1 saturated heterocycles. The third-order valence-corrected chi connectivity index (χ3v) is 3.24. The highest BCUT2D eigenvalue weighted by Gasteiger charge is 2.44. The minimum absolute atomic E-state index is 0.0626. The van der Waals surface area contributed by atoms with E-state index in [1.165, 1.54) is 12.1 Å². The molecule has 1 aromatic carbocycles. The molecule has 4 N–H and O–H groups in total. The Labute approximate surface area is 126 Å². The molecule has 0 unspecified atom stereocenters. The van der Waals surface area contributed by atoms with E-state index >= 15 is 0 Å². The molecule has 1 heterocycles. The second-order valence-electron chi connectivity index (χ2n) is 4.76. The summed E-state index contributed by atoms with van der Waals surface area (Å²) >= 11 is 0. The fraction of sp³-hybridized carbons (Fsp3) is 0.500. The molecule has 0 bridgehead atoms. The first-order valence-corrected chi connectivity index (χ1v) is 6.70. The molecule has 1 aliphatic rings. The summed E-state index contributed by atoms with van der Waals surface area (Å²) in [5.41, 5.74) is 0. The molecule has 0 spiro atoms. The van der Waals surface area contributed by atoms with Gasteiger partial charge in [-0.05, 0) is 24.3 Å². The van der Waals surface area contributed by atoms with Crippen LogP contribution in [0.2, 0.25) is 0 Å². The first kappa shape index (κ1) is 16.7. The van der Waals surface area contributed by atoms with Crippen molar-refractivity contribution in [3.8, 4) is 11.5 Å². The Morgan fingerprint density at radius 3 is 2.27 bits per heavy atom. The molecule has 0 aromatic heterocycles. The summed E-state index contributed by atoms with van der Waals surface area (Å²) in [6.07, 6.45) is -6.04. The quantitative estimate of drug-likeness (QED) is 0.465. The summed E-state index contributed by atoms with van der Waals surface area (Å²) < 4.78 is 15.7. The molecule has 8 heteroatoms. The van der Waals surface area contributed by atoms with E-state index in [1.54, 1.807) is 12.1 Å². The van der Waals surface area contributed by atoms with E-state index in [1.807, 2.05) is 0 Å². The Hall–Kier alpha value is -1.71. The lowest BCUT2D eigenvalue weighted by Gasteiger charge is -2.39. The van der Waals surface area contributed by atoms with E-state index in [0.29, 0.717) is 17.8 Å². The van der Waals surface area contributed by atoms with Gasteiger partial charge in [0.05, 0.1) is 6.61 Å². The molecule has 1 aliphatic heterocycles. The highest BCUT2D eigenvalue weighted by atomic mass is 16.7. The fourth-order valence-electron chi connectivity index (χ4n) is 2.04. The van der Waals surface area contributed by atoms with Gasteiger partial charge in [0.15, 0.2) is 6.29 Å². The summed E-state index contributed by atoms with van der Waals surface area (Å²) in [5, 5.41) is 38.3. The maximum atomic E-state index is 10.2. The fourth-order valence-corrected chi connectivity index (χ4v) is 2.04. The average Bonchev–Trinajstić information content (AvgIpc) is 2.54. The molecular formula is C14H18O8. The van der Waals surface area contributed by atoms with Gasteiger partial charge >= 0.3 is 0 Å². The van der Waals surface area contributed by atoms with Crippen LogP contribution in [0.5, 0.6) is 11.5 Å². The van der Waals surface area contributed by atoms with Crippen molar-refractivity contribution in [1.82, 2.24) is 0 Å². The van der Waals surface area contributed by atoms with Crippen LogP contribution in [0.3, 0.4) is 0 Å². The molecule has 2 rings (SSSR count). The Morgan fingerprint density at radius 2 is 1.68 bits per heavy atom. The van der Waals surface area contributed by atoms with Crippen LogP contribution in [0.1, 0.15) is 0 Å². The van der Waals surface area contributed by atoms with Crippen LogP contribution in [0.25, 0.3) is 0 Å². The van der Waals surface area contributed by atoms with Crippen LogP contribution >= 0.6 is 0 Å². The number of ether oxygens (including phenoxy) is 3. The summed E-state index contributed by atoms with van der Waals surface area (Å²) in [7, 11) is 0. The van der Waals surface area contributed by atoms with Gasteiger partial charge in [0.1, 0.15) is 42.5 Å². The van der Waals surface area contributed by atoms with Gasteiger partial charge in [-0.15, -0.1) is 0 Å². The number of aldehydes is 1. The molecule has 5 atom stereocenters. The zero-order chi connectivity index (χ0) is 16.1. The average molecular weight is 314 g/mol. The number of aliphatic hydroxyl groups excluding tert-OH is 4. The molecular weight excluding hydrogens is 296 g/mol. The summed E-state index contributed by atoms with van der Waals surface area (Å²) in [5.74, 6) is 0.788. The van der Waals surface area contributed by atoms with E-state index in [2.05, 4.69) is 0 Å². The van der Waals surface area contributed by atoms with Crippen molar-refractivity contribution in [3.63, 3.8) is 0 Å². The van der Waals surface area contributed by atoms with E-state index in [-0.39, 0.29) is 6.61 Å². The molecule has 1 fully saturated rings. The van der Waals surface area contributed by atoms with Gasteiger partial charge in [-0.2, -0.15) is 0 Å². The predicted molar refractivity (Wildman–Crippen MR) is 72.4 cm³/mol. The van der Waals surface area contributed by atoms with Gasteiger partial charge in [-0.3, -0.25) is 4.79 Å². The summed E-state index contributed by atoms with van der Waals surface area (Å²) in [6, 6.07) is 6.18. The van der Waals surface area contributed by atoms with Crippen molar-refractivity contribution in [2.75, 3.05) is 13.2 Å². The lowest BCUT2D eigenvalue weighted by Crippen LogP contribution is -2.60. The zero-order valence-corrected chi connectivity index (χ0v) is 11.6. The van der Waals surface area contributed by atoms with Crippen LogP contribution in [0.15, 0.2) is 24.3 Å². The first-order valence-electron chi connectivity index (χ1n) is 6.70. The Bertz CT molecular complexity index is 474. The Morgan fingerprint density at radius 1 is 1.05 bits per heavy atom. The van der Waals surface area contributed by atoms with Crippen LogP contribution in [0, 0.1) is 0 Å². The minimum atomic E-state index is -1.49. The number of carbonyl (C=O) groups excluding carboxylic acids is 1. The standard InChI is InChI=1S/C14H18O8/c15-5-6-20-8-1-3-9(4-2-8)21-14-13(19)12(18)11(17)10(7-16)22-14/h1-5,10-14,16-19H,6-7H2/t10-,11-,12+,13-,14-/m1/s1. The molecule has 0 amide bonds. The topological polar surface area (TPSA) is 126 Å². The molecule has 1 aromatic rings. The molecule has 122 valence electrons. The van der Waals surface area contributed by atoms with Gasteiger partial charge in [0, 0.05) is 0 Å². The third kappa shape index (κ3) is 3.73. The monoisotopic (exact) mass is 314 g/mol. The lowest BCUT2D eigenvalue weighted by molar-refractivity contribution is -0.277. The largest absolute Gasteiger partial charge is 0.486 e. The second-order valence-corrected chi connectivity index (χ2v) is 4.76. The number of carbonyl (C=O) groups is 1. The van der Waals surface area contributed by atoms with Gasteiger partial charge in [0.25, 0.3) is 0 Å². The molecule has 0 aliphatic carbocycles. The van der Waals surface area contributed by atoms with Gasteiger partial charge in [-0.1, -0.05) is 0 Å². The van der Waals surface area contributed by atoms with E-state index in [4.69, 9.17) is 19.3 Å². The normalized spacial score (nSPS) is 31.5. The van der Waals surface area contributed by atoms with E-state index in [0.717, 1.165) is 0 Å².